The molecule has 0 rings (SSSR count). The third kappa shape index (κ3) is 26.0. The number of carbonyl (C=O) groups excluding carboxylic acids is 1. The second-order valence-electron chi connectivity index (χ2n) is 14.6. The van der Waals surface area contributed by atoms with Gasteiger partial charge in [-0.25, -0.2) is 4.79 Å². The zero-order valence-corrected chi connectivity index (χ0v) is 31.1. The first kappa shape index (κ1) is 45.4. The lowest BCUT2D eigenvalue weighted by Gasteiger charge is -2.35. The second kappa shape index (κ2) is 30.4. The Morgan fingerprint density at radius 2 is 0.787 bits per heavy atom. The molecule has 0 aromatic carbocycles. The number of ether oxygens (including phenoxy) is 1. The summed E-state index contributed by atoms with van der Waals surface area (Å²) in [6.45, 7) is 7.04. The van der Waals surface area contributed by atoms with Crippen LogP contribution in [-0.4, -0.2) is 45.4 Å². The van der Waals surface area contributed by atoms with E-state index in [-0.39, 0.29) is 6.61 Å². The smallest absolute Gasteiger partial charge is 0.336 e. The summed E-state index contributed by atoms with van der Waals surface area (Å²) in [5, 5.41) is 27.9. The minimum atomic E-state index is -2.64. The SMILES string of the molecule is CCCCCCCCC(CCCCCCCC)(CCCCCCCC)CCCCCCCCCOC(=O)CC(O)(CC(=O)O)C(=O)O. The van der Waals surface area contributed by atoms with Crippen molar-refractivity contribution < 1.29 is 34.4 Å². The third-order valence-corrected chi connectivity index (χ3v) is 10.1. The lowest BCUT2D eigenvalue weighted by Crippen LogP contribution is -2.43. The number of carboxylic acid groups (broad SMARTS) is 2. The van der Waals surface area contributed by atoms with Gasteiger partial charge in [0.15, 0.2) is 5.60 Å². The number of rotatable bonds is 36. The second-order valence-corrected chi connectivity index (χ2v) is 14.6. The van der Waals surface area contributed by atoms with Crippen molar-refractivity contribution in [1.29, 1.82) is 0 Å². The first-order chi connectivity index (χ1) is 22.6. The van der Waals surface area contributed by atoms with Crippen LogP contribution in [0.5, 0.6) is 0 Å². The summed E-state index contributed by atoms with van der Waals surface area (Å²) in [5.41, 5.74) is -2.11. The number of aliphatic carboxylic acids is 2. The summed E-state index contributed by atoms with van der Waals surface area (Å²) < 4.78 is 5.08. The minimum Gasteiger partial charge on any atom is -0.481 e. The molecule has 0 aliphatic rings. The fourth-order valence-corrected chi connectivity index (χ4v) is 7.02. The Morgan fingerprint density at radius 3 is 1.11 bits per heavy atom. The number of carboxylic acids is 2. The van der Waals surface area contributed by atoms with Crippen molar-refractivity contribution in [2.24, 2.45) is 5.41 Å². The molecule has 0 saturated carbocycles. The lowest BCUT2D eigenvalue weighted by molar-refractivity contribution is -0.172. The molecule has 7 nitrogen and oxygen atoms in total. The largest absolute Gasteiger partial charge is 0.481 e. The molecule has 0 spiro atoms. The van der Waals surface area contributed by atoms with Crippen LogP contribution in [-0.2, 0) is 19.1 Å². The third-order valence-electron chi connectivity index (χ3n) is 10.1. The number of hydrogen-bond acceptors (Lipinski definition) is 5. The van der Waals surface area contributed by atoms with Gasteiger partial charge in [-0.05, 0) is 37.5 Å². The lowest BCUT2D eigenvalue weighted by atomic mass is 9.70. The standard InChI is InChI=1S/C40H76O7/c1-4-7-10-13-19-24-29-39(30-25-20-14-11-8-5-2,31-26-21-15-12-9-6-3)32-27-22-17-16-18-23-28-33-47-37(43)35-40(46,38(44)45)34-36(41)42/h46H,4-35H2,1-3H3,(H,41,42)(H,44,45). The van der Waals surface area contributed by atoms with Crippen LogP contribution in [0.4, 0.5) is 0 Å². The summed E-state index contributed by atoms with van der Waals surface area (Å²) in [6.07, 6.45) is 36.1. The Balaban J connectivity index is 4.70. The number of aliphatic hydroxyl groups is 1. The Morgan fingerprint density at radius 1 is 0.468 bits per heavy atom. The average Bonchev–Trinajstić information content (AvgIpc) is 3.02. The quantitative estimate of drug-likeness (QED) is 0.0448. The zero-order chi connectivity index (χ0) is 35.1. The number of hydrogen-bond donors (Lipinski definition) is 3. The van der Waals surface area contributed by atoms with E-state index in [0.717, 1.165) is 19.3 Å². The topological polar surface area (TPSA) is 121 Å². The highest BCUT2D eigenvalue weighted by Gasteiger charge is 2.41. The highest BCUT2D eigenvalue weighted by Crippen LogP contribution is 2.42. The van der Waals surface area contributed by atoms with Crippen LogP contribution in [0.15, 0.2) is 0 Å². The predicted octanol–water partition coefficient (Wildman–Crippen LogP) is 11.6. The molecule has 0 aromatic rings. The molecule has 7 heteroatoms. The highest BCUT2D eigenvalue weighted by atomic mass is 16.5. The molecule has 1 unspecified atom stereocenters. The first-order valence-corrected chi connectivity index (χ1v) is 20.0. The van der Waals surface area contributed by atoms with Gasteiger partial charge in [0.25, 0.3) is 0 Å². The number of carbonyl (C=O) groups is 3. The van der Waals surface area contributed by atoms with Crippen LogP contribution in [0, 0.1) is 5.41 Å². The molecule has 0 aliphatic heterocycles. The predicted molar refractivity (Wildman–Crippen MR) is 194 cm³/mol. The summed E-state index contributed by atoms with van der Waals surface area (Å²) in [5.74, 6) is -4.11. The van der Waals surface area contributed by atoms with E-state index in [9.17, 15) is 19.5 Å². The maximum atomic E-state index is 12.0. The van der Waals surface area contributed by atoms with E-state index >= 15 is 0 Å². The van der Waals surface area contributed by atoms with Crippen LogP contribution in [0.3, 0.4) is 0 Å². The van der Waals surface area contributed by atoms with Crippen molar-refractivity contribution in [3.05, 3.63) is 0 Å². The molecule has 0 heterocycles. The molecule has 0 saturated heterocycles. The molecule has 278 valence electrons. The van der Waals surface area contributed by atoms with Crippen LogP contribution in [0.1, 0.15) is 220 Å². The fourth-order valence-electron chi connectivity index (χ4n) is 7.02. The molecule has 0 aliphatic carbocycles. The van der Waals surface area contributed by atoms with Crippen molar-refractivity contribution in [1.82, 2.24) is 0 Å². The number of esters is 1. The van der Waals surface area contributed by atoms with E-state index in [0.29, 0.717) is 11.8 Å². The number of unbranched alkanes of at least 4 members (excludes halogenated alkanes) is 21. The average molecular weight is 669 g/mol. The van der Waals surface area contributed by atoms with Crippen molar-refractivity contribution in [2.75, 3.05) is 6.61 Å². The van der Waals surface area contributed by atoms with Gasteiger partial charge in [-0.3, -0.25) is 9.59 Å². The fraction of sp³-hybridized carbons (Fsp3) is 0.925. The van der Waals surface area contributed by atoms with E-state index in [1.165, 1.54) is 161 Å². The van der Waals surface area contributed by atoms with Crippen LogP contribution in [0.2, 0.25) is 0 Å². The molecule has 0 fully saturated rings. The van der Waals surface area contributed by atoms with Gasteiger partial charge in [-0.15, -0.1) is 0 Å². The van der Waals surface area contributed by atoms with Crippen molar-refractivity contribution in [3.8, 4) is 0 Å². The normalized spacial score (nSPS) is 13.0. The Kier molecular flexibility index (Phi) is 29.4. The van der Waals surface area contributed by atoms with Gasteiger partial charge in [-0.1, -0.05) is 175 Å². The van der Waals surface area contributed by atoms with Gasteiger partial charge in [0.1, 0.15) is 0 Å². The van der Waals surface area contributed by atoms with Gasteiger partial charge in [0, 0.05) is 0 Å². The first-order valence-electron chi connectivity index (χ1n) is 20.0. The van der Waals surface area contributed by atoms with Gasteiger partial charge < -0.3 is 20.1 Å². The monoisotopic (exact) mass is 669 g/mol. The summed E-state index contributed by atoms with van der Waals surface area (Å²) in [6, 6.07) is 0. The Hall–Kier alpha value is -1.63. The van der Waals surface area contributed by atoms with E-state index in [2.05, 4.69) is 20.8 Å². The van der Waals surface area contributed by atoms with Gasteiger partial charge in [-0.2, -0.15) is 0 Å². The van der Waals surface area contributed by atoms with E-state index in [1.54, 1.807) is 0 Å². The molecule has 0 radical (unpaired) electrons. The summed E-state index contributed by atoms with van der Waals surface area (Å²) >= 11 is 0. The van der Waals surface area contributed by atoms with Crippen molar-refractivity contribution in [2.45, 2.75) is 225 Å². The maximum Gasteiger partial charge on any atom is 0.336 e. The van der Waals surface area contributed by atoms with Crippen LogP contribution in [0.25, 0.3) is 0 Å². The molecule has 0 bridgehead atoms. The van der Waals surface area contributed by atoms with E-state index in [4.69, 9.17) is 14.9 Å². The zero-order valence-electron chi connectivity index (χ0n) is 31.1. The maximum absolute atomic E-state index is 12.0. The van der Waals surface area contributed by atoms with E-state index < -0.39 is 36.4 Å². The molecule has 3 N–H and O–H groups in total. The molecule has 0 aromatic heterocycles. The molecule has 47 heavy (non-hydrogen) atoms. The Bertz CT molecular complexity index is 727. The molecular formula is C40H76O7. The molecule has 0 amide bonds. The van der Waals surface area contributed by atoms with Crippen LogP contribution < -0.4 is 0 Å². The highest BCUT2D eigenvalue weighted by molar-refractivity contribution is 5.88. The van der Waals surface area contributed by atoms with Gasteiger partial charge in [0.2, 0.25) is 0 Å². The summed E-state index contributed by atoms with van der Waals surface area (Å²) in [4.78, 5) is 34.0. The van der Waals surface area contributed by atoms with Crippen LogP contribution >= 0.6 is 0 Å². The van der Waals surface area contributed by atoms with Crippen molar-refractivity contribution >= 4 is 17.9 Å². The minimum absolute atomic E-state index is 0.152. The van der Waals surface area contributed by atoms with Gasteiger partial charge >= 0.3 is 17.9 Å². The molecule has 1 atom stereocenters. The van der Waals surface area contributed by atoms with Gasteiger partial charge in [0.05, 0.1) is 19.4 Å². The van der Waals surface area contributed by atoms with Crippen molar-refractivity contribution in [3.63, 3.8) is 0 Å². The summed E-state index contributed by atoms with van der Waals surface area (Å²) in [7, 11) is 0. The Labute approximate surface area is 289 Å². The molecular weight excluding hydrogens is 592 g/mol. The van der Waals surface area contributed by atoms with E-state index in [1.807, 2.05) is 0 Å².